The van der Waals surface area contributed by atoms with Crippen molar-refractivity contribution in [1.82, 2.24) is 0 Å². The molecule has 1 N–H and O–H groups in total. The maximum atomic E-state index is 13.0. The predicted molar refractivity (Wildman–Crippen MR) is 161 cm³/mol. The van der Waals surface area contributed by atoms with Crippen molar-refractivity contribution >= 4 is 23.5 Å². The average Bonchev–Trinajstić information content (AvgIpc) is 2.88. The lowest BCUT2D eigenvalue weighted by Crippen LogP contribution is -2.22. The second-order valence-electron chi connectivity index (χ2n) is 12.8. The highest BCUT2D eigenvalue weighted by Crippen LogP contribution is 2.31. The van der Waals surface area contributed by atoms with E-state index in [1.807, 2.05) is 88.4 Å². The minimum atomic E-state index is -0.821. The number of ketones is 2. The third-order valence-electron chi connectivity index (χ3n) is 7.49. The van der Waals surface area contributed by atoms with Crippen LogP contribution in [-0.2, 0) is 30.3 Å². The Morgan fingerprint density at radius 2 is 1.15 bits per heavy atom. The van der Waals surface area contributed by atoms with Crippen molar-refractivity contribution in [3.8, 4) is 0 Å². The number of rotatable bonds is 20. The third kappa shape index (κ3) is 14.8. The van der Waals surface area contributed by atoms with Gasteiger partial charge in [0.1, 0.15) is 17.7 Å². The number of carboxylic acid groups (broad SMARTS) is 1. The number of ether oxygens (including phenoxy) is 1. The van der Waals surface area contributed by atoms with E-state index < -0.39 is 5.97 Å². The maximum Gasteiger partial charge on any atom is 0.306 e. The molecule has 0 heterocycles. The Bertz CT molecular complexity index is 1100. The fourth-order valence-electron chi connectivity index (χ4n) is 5.16. The summed E-state index contributed by atoms with van der Waals surface area (Å²) in [6.07, 6.45) is 5.58. The molecule has 1 atom stereocenters. The second kappa shape index (κ2) is 16.9. The molecule has 0 aliphatic rings. The van der Waals surface area contributed by atoms with Gasteiger partial charge in [-0.25, -0.2) is 0 Å². The number of carbonyl (C=O) groups excluding carboxylic acids is 3. The number of benzene rings is 2. The summed E-state index contributed by atoms with van der Waals surface area (Å²) in [5.41, 5.74) is 1.45. The summed E-state index contributed by atoms with van der Waals surface area (Å²) < 4.78 is 5.98. The van der Waals surface area contributed by atoms with Crippen molar-refractivity contribution in [3.63, 3.8) is 0 Å². The monoisotopic (exact) mass is 564 g/mol. The predicted octanol–water partition coefficient (Wildman–Crippen LogP) is 8.08. The molecule has 224 valence electrons. The number of hydrogen-bond donors (Lipinski definition) is 1. The summed E-state index contributed by atoms with van der Waals surface area (Å²) >= 11 is 0. The van der Waals surface area contributed by atoms with Gasteiger partial charge in [-0.2, -0.15) is 0 Å². The molecule has 2 rings (SSSR count). The highest BCUT2D eigenvalue weighted by Gasteiger charge is 2.26. The number of carbonyl (C=O) groups is 4. The normalized spacial score (nSPS) is 12.5. The van der Waals surface area contributed by atoms with Crippen LogP contribution in [0.5, 0.6) is 0 Å². The highest BCUT2D eigenvalue weighted by atomic mass is 16.5. The molecule has 0 spiro atoms. The minimum Gasteiger partial charge on any atom is -0.481 e. The molecule has 2 aromatic rings. The van der Waals surface area contributed by atoms with E-state index in [4.69, 9.17) is 9.84 Å². The largest absolute Gasteiger partial charge is 0.481 e. The fraction of sp³-hybridized carbons (Fsp3) is 0.543. The number of esters is 1. The van der Waals surface area contributed by atoms with E-state index in [1.165, 1.54) is 0 Å². The molecule has 6 nitrogen and oxygen atoms in total. The zero-order valence-corrected chi connectivity index (χ0v) is 25.3. The van der Waals surface area contributed by atoms with E-state index in [0.717, 1.165) is 17.5 Å². The van der Waals surface area contributed by atoms with E-state index >= 15 is 0 Å². The van der Waals surface area contributed by atoms with Crippen molar-refractivity contribution < 1.29 is 29.0 Å². The van der Waals surface area contributed by atoms with Gasteiger partial charge in [0.25, 0.3) is 0 Å². The molecule has 2 aromatic carbocycles. The number of carboxylic acids is 1. The first-order valence-corrected chi connectivity index (χ1v) is 14.9. The Kier molecular flexibility index (Phi) is 13.9. The molecule has 0 saturated carbocycles. The van der Waals surface area contributed by atoms with Crippen molar-refractivity contribution in [3.05, 3.63) is 71.8 Å². The first-order chi connectivity index (χ1) is 19.3. The van der Waals surface area contributed by atoms with E-state index in [9.17, 15) is 19.2 Å². The summed E-state index contributed by atoms with van der Waals surface area (Å²) in [6.45, 7) is 7.87. The Morgan fingerprint density at radius 3 is 1.66 bits per heavy atom. The minimum absolute atomic E-state index is 0.0934. The third-order valence-corrected chi connectivity index (χ3v) is 7.49. The van der Waals surface area contributed by atoms with Gasteiger partial charge in [0.2, 0.25) is 0 Å². The molecule has 41 heavy (non-hydrogen) atoms. The maximum absolute atomic E-state index is 13.0. The summed E-state index contributed by atoms with van der Waals surface area (Å²) in [6, 6.07) is 19.8. The van der Waals surface area contributed by atoms with Crippen LogP contribution < -0.4 is 0 Å². The van der Waals surface area contributed by atoms with Gasteiger partial charge in [-0.15, -0.1) is 0 Å². The van der Waals surface area contributed by atoms with Gasteiger partial charge in [-0.1, -0.05) is 88.4 Å². The standard InChI is InChI=1S/C35H48O6/c1-34(2,25-32(38)39)22-12-20-29(36)18-11-19-30(37)21-13-23-35(3,4)26-33(40)41-31(28-16-9-6-10-17-28)24-27-14-7-5-8-15-27/h5-10,14-17,31H,11-13,18-26H2,1-4H3,(H,38,39). The van der Waals surface area contributed by atoms with Crippen LogP contribution in [0.4, 0.5) is 0 Å². The summed E-state index contributed by atoms with van der Waals surface area (Å²) in [7, 11) is 0. The fourth-order valence-corrected chi connectivity index (χ4v) is 5.16. The molecule has 0 bridgehead atoms. The highest BCUT2D eigenvalue weighted by molar-refractivity contribution is 5.81. The SMILES string of the molecule is CC(C)(CCCC(=O)CCCC(=O)CCCC(C)(C)CC(=O)OC(Cc1ccccc1)c1ccccc1)CC(=O)O. The van der Waals surface area contributed by atoms with E-state index in [-0.39, 0.29) is 47.3 Å². The average molecular weight is 565 g/mol. The molecule has 0 aliphatic carbocycles. The Balaban J connectivity index is 1.70. The van der Waals surface area contributed by atoms with Crippen LogP contribution in [0.1, 0.15) is 116 Å². The van der Waals surface area contributed by atoms with Gasteiger partial charge in [0.05, 0.1) is 12.8 Å². The van der Waals surface area contributed by atoms with Gasteiger partial charge in [-0.05, 0) is 54.1 Å². The Morgan fingerprint density at radius 1 is 0.683 bits per heavy atom. The lowest BCUT2D eigenvalue weighted by Gasteiger charge is -2.25. The summed E-state index contributed by atoms with van der Waals surface area (Å²) in [5, 5.41) is 8.97. The Labute approximate surface area is 245 Å². The molecule has 0 aromatic heterocycles. The van der Waals surface area contributed by atoms with Gasteiger partial charge in [0, 0.05) is 32.1 Å². The zero-order valence-electron chi connectivity index (χ0n) is 25.3. The van der Waals surface area contributed by atoms with Gasteiger partial charge in [0.15, 0.2) is 0 Å². The lowest BCUT2D eigenvalue weighted by molar-refractivity contribution is -0.152. The molecule has 0 fully saturated rings. The van der Waals surface area contributed by atoms with Crippen molar-refractivity contribution in [2.45, 2.75) is 111 Å². The van der Waals surface area contributed by atoms with Crippen LogP contribution in [-0.4, -0.2) is 28.6 Å². The zero-order chi connectivity index (χ0) is 30.3. The first-order valence-electron chi connectivity index (χ1n) is 14.9. The van der Waals surface area contributed by atoms with Crippen LogP contribution >= 0.6 is 0 Å². The first kappa shape index (κ1) is 33.9. The van der Waals surface area contributed by atoms with Crippen LogP contribution in [0.2, 0.25) is 0 Å². The second-order valence-corrected chi connectivity index (χ2v) is 12.8. The van der Waals surface area contributed by atoms with Crippen LogP contribution in [0.25, 0.3) is 0 Å². The quantitative estimate of drug-likeness (QED) is 0.163. The Hall–Kier alpha value is -3.28. The van der Waals surface area contributed by atoms with Gasteiger partial charge < -0.3 is 9.84 Å². The lowest BCUT2D eigenvalue weighted by atomic mass is 9.83. The smallest absolute Gasteiger partial charge is 0.306 e. The topological polar surface area (TPSA) is 97.7 Å². The molecule has 0 radical (unpaired) electrons. The molecular formula is C35H48O6. The van der Waals surface area contributed by atoms with E-state index in [2.05, 4.69) is 0 Å². The van der Waals surface area contributed by atoms with Crippen molar-refractivity contribution in [1.29, 1.82) is 0 Å². The number of Topliss-reactive ketones (excluding diaryl/α,β-unsaturated/α-hetero) is 2. The van der Waals surface area contributed by atoms with Gasteiger partial charge in [-0.3, -0.25) is 19.2 Å². The molecule has 0 saturated heterocycles. The van der Waals surface area contributed by atoms with E-state index in [1.54, 1.807) is 0 Å². The molecule has 6 heteroatoms. The van der Waals surface area contributed by atoms with Crippen LogP contribution in [0.15, 0.2) is 60.7 Å². The molecule has 1 unspecified atom stereocenters. The van der Waals surface area contributed by atoms with Crippen LogP contribution in [0.3, 0.4) is 0 Å². The van der Waals surface area contributed by atoms with Crippen LogP contribution in [0, 0.1) is 10.8 Å². The van der Waals surface area contributed by atoms with E-state index in [0.29, 0.717) is 57.8 Å². The summed E-state index contributed by atoms with van der Waals surface area (Å²) in [5.74, 6) is -0.787. The number of hydrogen-bond acceptors (Lipinski definition) is 5. The molecular weight excluding hydrogens is 516 g/mol. The van der Waals surface area contributed by atoms with Gasteiger partial charge >= 0.3 is 11.9 Å². The number of aliphatic carboxylic acids is 1. The van der Waals surface area contributed by atoms with Crippen molar-refractivity contribution in [2.75, 3.05) is 0 Å². The van der Waals surface area contributed by atoms with Crippen molar-refractivity contribution in [2.24, 2.45) is 10.8 Å². The summed E-state index contributed by atoms with van der Waals surface area (Å²) in [4.78, 5) is 48.5. The molecule has 0 aliphatic heterocycles. The molecule has 0 amide bonds.